The molecule has 0 saturated carbocycles. The zero-order valence-corrected chi connectivity index (χ0v) is 18.5. The zero-order valence-electron chi connectivity index (χ0n) is 17.7. The normalized spacial score (nSPS) is 15.8. The van der Waals surface area contributed by atoms with E-state index in [-0.39, 0.29) is 29.3 Å². The van der Waals surface area contributed by atoms with Gasteiger partial charge in [0.25, 0.3) is 0 Å². The fraction of sp³-hybridized carbons (Fsp3) is 0.217. The number of pyridine rings is 1. The second kappa shape index (κ2) is 8.37. The van der Waals surface area contributed by atoms with Gasteiger partial charge in [-0.15, -0.1) is 0 Å². The first-order valence-electron chi connectivity index (χ1n) is 10.2. The first kappa shape index (κ1) is 22.3. The second-order valence-electron chi connectivity index (χ2n) is 7.66. The van der Waals surface area contributed by atoms with Gasteiger partial charge in [-0.05, 0) is 36.4 Å². The van der Waals surface area contributed by atoms with Crippen molar-refractivity contribution in [2.24, 2.45) is 0 Å². The number of anilines is 2. The van der Waals surface area contributed by atoms with Crippen molar-refractivity contribution < 1.29 is 27.8 Å². The fourth-order valence-corrected chi connectivity index (χ4v) is 4.21. The van der Waals surface area contributed by atoms with Crippen LogP contribution in [0.3, 0.4) is 0 Å². The maximum atomic E-state index is 13.2. The van der Waals surface area contributed by atoms with Crippen molar-refractivity contribution in [2.45, 2.75) is 12.2 Å². The van der Waals surface area contributed by atoms with Gasteiger partial charge < -0.3 is 24.5 Å². The van der Waals surface area contributed by atoms with Gasteiger partial charge in [-0.3, -0.25) is 0 Å². The Morgan fingerprint density at radius 3 is 2.76 bits per heavy atom. The summed E-state index contributed by atoms with van der Waals surface area (Å²) in [5.41, 5.74) is 0.676. The smallest absolute Gasteiger partial charge is 0.416 e. The molecule has 1 unspecified atom stereocenters. The molecule has 0 radical (unpaired) electrons. The number of imidazole rings is 1. The van der Waals surface area contributed by atoms with Crippen molar-refractivity contribution >= 4 is 34.1 Å². The van der Waals surface area contributed by atoms with Gasteiger partial charge in [-0.2, -0.15) is 13.2 Å². The Kier molecular flexibility index (Phi) is 5.49. The lowest BCUT2D eigenvalue weighted by atomic mass is 10.1. The van der Waals surface area contributed by atoms with E-state index in [1.54, 1.807) is 37.6 Å². The van der Waals surface area contributed by atoms with E-state index in [4.69, 9.17) is 21.1 Å². The van der Waals surface area contributed by atoms with E-state index in [9.17, 15) is 18.3 Å². The molecule has 34 heavy (non-hydrogen) atoms. The predicted octanol–water partition coefficient (Wildman–Crippen LogP) is 5.20. The number of aliphatic hydroxyl groups excluding tert-OH is 1. The van der Waals surface area contributed by atoms with E-state index in [1.807, 2.05) is 11.0 Å². The Morgan fingerprint density at radius 1 is 1.26 bits per heavy atom. The number of rotatable bonds is 4. The molecule has 1 aliphatic heterocycles. The highest BCUT2D eigenvalue weighted by Crippen LogP contribution is 2.45. The van der Waals surface area contributed by atoms with Gasteiger partial charge in [0.1, 0.15) is 29.5 Å². The summed E-state index contributed by atoms with van der Waals surface area (Å²) in [4.78, 5) is 13.7. The van der Waals surface area contributed by atoms with Crippen LogP contribution in [0.15, 0.2) is 48.7 Å². The molecule has 3 heterocycles. The van der Waals surface area contributed by atoms with Gasteiger partial charge >= 0.3 is 6.18 Å². The molecule has 0 saturated heterocycles. The largest absolute Gasteiger partial charge is 0.495 e. The number of nitrogens with zero attached hydrogens (tertiary/aromatic N) is 3. The first-order valence-corrected chi connectivity index (χ1v) is 10.6. The highest BCUT2D eigenvalue weighted by atomic mass is 35.5. The minimum atomic E-state index is -4.54. The van der Waals surface area contributed by atoms with E-state index in [0.717, 1.165) is 12.1 Å². The quantitative estimate of drug-likeness (QED) is 0.409. The molecule has 0 amide bonds. The molecule has 2 aromatic carbocycles. The molecule has 2 N–H and O–H groups in total. The molecule has 0 fully saturated rings. The summed E-state index contributed by atoms with van der Waals surface area (Å²) in [5, 5.41) is 9.84. The Hall–Kier alpha value is -3.50. The number of aromatic amines is 1. The number of fused-ring (bicyclic) bond motifs is 2. The summed E-state index contributed by atoms with van der Waals surface area (Å²) in [6.45, 7) is -0.0225. The monoisotopic (exact) mass is 490 g/mol. The summed E-state index contributed by atoms with van der Waals surface area (Å²) in [6, 6.07) is 10.3. The SMILES string of the molecule is COc1ccc(N2c3cccc(-c4nc5c(Cl)cc(C(F)(F)F)cc5[nH]4)c3OCC2CO)nc1. The van der Waals surface area contributed by atoms with Crippen LogP contribution >= 0.6 is 11.6 Å². The van der Waals surface area contributed by atoms with Gasteiger partial charge in [-0.1, -0.05) is 17.7 Å². The maximum absolute atomic E-state index is 13.2. The van der Waals surface area contributed by atoms with Gasteiger partial charge in [0.2, 0.25) is 0 Å². The summed E-state index contributed by atoms with van der Waals surface area (Å²) < 4.78 is 50.8. The van der Waals surface area contributed by atoms with Crippen LogP contribution in [-0.2, 0) is 6.18 Å². The summed E-state index contributed by atoms with van der Waals surface area (Å²) in [6.07, 6.45) is -2.97. The predicted molar refractivity (Wildman–Crippen MR) is 121 cm³/mol. The third-order valence-electron chi connectivity index (χ3n) is 5.58. The molecule has 1 aliphatic rings. The third-order valence-corrected chi connectivity index (χ3v) is 5.86. The van der Waals surface area contributed by atoms with E-state index in [2.05, 4.69) is 15.0 Å². The molecule has 0 aliphatic carbocycles. The number of methoxy groups -OCH3 is 1. The van der Waals surface area contributed by atoms with Crippen molar-refractivity contribution in [3.05, 3.63) is 59.2 Å². The summed E-state index contributed by atoms with van der Waals surface area (Å²) in [5.74, 6) is 1.92. The Balaban J connectivity index is 1.63. The van der Waals surface area contributed by atoms with E-state index < -0.39 is 17.8 Å². The molecule has 2 aromatic heterocycles. The Morgan fingerprint density at radius 2 is 2.09 bits per heavy atom. The minimum absolute atomic E-state index is 0.109. The van der Waals surface area contributed by atoms with Crippen molar-refractivity contribution in [3.8, 4) is 22.9 Å². The molecule has 1 atom stereocenters. The zero-order chi connectivity index (χ0) is 24.0. The van der Waals surface area contributed by atoms with Crippen molar-refractivity contribution in [3.63, 3.8) is 0 Å². The molecule has 0 spiro atoms. The molecule has 5 rings (SSSR count). The molecule has 7 nitrogen and oxygen atoms in total. The average molecular weight is 491 g/mol. The van der Waals surface area contributed by atoms with Gasteiger partial charge in [0.05, 0.1) is 53.3 Å². The molecule has 11 heteroatoms. The van der Waals surface area contributed by atoms with Crippen LogP contribution in [0.5, 0.6) is 11.5 Å². The molecule has 176 valence electrons. The number of para-hydroxylation sites is 1. The van der Waals surface area contributed by atoms with Crippen LogP contribution in [0.25, 0.3) is 22.4 Å². The highest BCUT2D eigenvalue weighted by molar-refractivity contribution is 6.35. The number of nitrogens with one attached hydrogen (secondary N) is 1. The molecular weight excluding hydrogens is 473 g/mol. The standard InChI is InChI=1S/C23H18ClF3N4O3/c1-33-14-5-6-19(28-9-14)31-13(10-32)11-34-21-15(3-2-4-18(21)31)22-29-17-8-12(23(25,26)27)7-16(24)20(17)30-22/h2-9,13,32H,10-11H2,1H3,(H,29,30). The number of aliphatic hydroxyl groups is 1. The second-order valence-corrected chi connectivity index (χ2v) is 8.07. The summed E-state index contributed by atoms with van der Waals surface area (Å²) >= 11 is 6.11. The molecule has 4 aromatic rings. The maximum Gasteiger partial charge on any atom is 0.416 e. The number of benzene rings is 2. The highest BCUT2D eigenvalue weighted by Gasteiger charge is 2.33. The number of aromatic nitrogens is 3. The van der Waals surface area contributed by atoms with Gasteiger partial charge in [0, 0.05) is 0 Å². The van der Waals surface area contributed by atoms with Gasteiger partial charge in [-0.25, -0.2) is 9.97 Å². The Labute approximate surface area is 196 Å². The topological polar surface area (TPSA) is 83.5 Å². The lowest BCUT2D eigenvalue weighted by molar-refractivity contribution is -0.137. The van der Waals surface area contributed by atoms with Crippen molar-refractivity contribution in [2.75, 3.05) is 25.2 Å². The van der Waals surface area contributed by atoms with Crippen molar-refractivity contribution in [1.82, 2.24) is 15.0 Å². The van der Waals surface area contributed by atoms with E-state index in [1.165, 1.54) is 0 Å². The van der Waals surface area contributed by atoms with Crippen LogP contribution in [0, 0.1) is 0 Å². The lowest BCUT2D eigenvalue weighted by Crippen LogP contribution is -2.43. The lowest BCUT2D eigenvalue weighted by Gasteiger charge is -2.37. The van der Waals surface area contributed by atoms with Crippen LogP contribution in [0.2, 0.25) is 5.02 Å². The summed E-state index contributed by atoms with van der Waals surface area (Å²) in [7, 11) is 1.54. The molecular formula is C23H18ClF3N4O3. The number of alkyl halides is 3. The number of hydrogen-bond donors (Lipinski definition) is 2. The van der Waals surface area contributed by atoms with E-state index in [0.29, 0.717) is 34.4 Å². The van der Waals surface area contributed by atoms with Crippen LogP contribution in [0.1, 0.15) is 5.56 Å². The van der Waals surface area contributed by atoms with Gasteiger partial charge in [0.15, 0.2) is 5.75 Å². The minimum Gasteiger partial charge on any atom is -0.495 e. The third kappa shape index (κ3) is 3.78. The number of halogens is 4. The van der Waals surface area contributed by atoms with Crippen LogP contribution in [0.4, 0.5) is 24.7 Å². The van der Waals surface area contributed by atoms with E-state index >= 15 is 0 Å². The first-order chi connectivity index (χ1) is 16.3. The Bertz CT molecular complexity index is 1360. The number of ether oxygens (including phenoxy) is 2. The number of hydrogen-bond acceptors (Lipinski definition) is 6. The number of H-pyrrole nitrogens is 1. The average Bonchev–Trinajstić information content (AvgIpc) is 3.27. The van der Waals surface area contributed by atoms with Crippen LogP contribution < -0.4 is 14.4 Å². The van der Waals surface area contributed by atoms with Crippen molar-refractivity contribution in [1.29, 1.82) is 0 Å². The fourth-order valence-electron chi connectivity index (χ4n) is 3.95. The molecule has 0 bridgehead atoms. The van der Waals surface area contributed by atoms with Crippen LogP contribution in [-0.4, -0.2) is 46.4 Å².